The number of aromatic amines is 1. The van der Waals surface area contributed by atoms with E-state index in [2.05, 4.69) is 88.0 Å². The van der Waals surface area contributed by atoms with Gasteiger partial charge < -0.3 is 15.6 Å². The minimum Gasteiger partial charge on any atom is -0.383 e. The normalized spacial score (nSPS) is 10.9. The van der Waals surface area contributed by atoms with E-state index in [9.17, 15) is 0 Å². The summed E-state index contributed by atoms with van der Waals surface area (Å²) in [5, 5.41) is 20.2. The topological polar surface area (TPSA) is 96.3 Å². The van der Waals surface area contributed by atoms with Crippen LogP contribution in [0.3, 0.4) is 0 Å². The molecular formula is C23H33ClN8. The first kappa shape index (κ1) is 23.8. The van der Waals surface area contributed by atoms with E-state index in [0.717, 1.165) is 61.0 Å². The Morgan fingerprint density at radius 2 is 2.03 bits per heavy atom. The van der Waals surface area contributed by atoms with Gasteiger partial charge in [0.05, 0.1) is 12.2 Å². The number of aryl methyl sites for hydroxylation is 2. The molecule has 1 aromatic carbocycles. The van der Waals surface area contributed by atoms with Crippen LogP contribution in [0.4, 0.5) is 5.82 Å². The van der Waals surface area contributed by atoms with Crippen molar-refractivity contribution in [2.75, 3.05) is 18.4 Å². The summed E-state index contributed by atoms with van der Waals surface area (Å²) in [5.41, 5.74) is 5.49. The first-order valence-corrected chi connectivity index (χ1v) is 11.6. The van der Waals surface area contributed by atoms with E-state index >= 15 is 0 Å². The van der Waals surface area contributed by atoms with Crippen LogP contribution >= 0.6 is 11.6 Å². The van der Waals surface area contributed by atoms with Crippen LogP contribution < -0.4 is 10.6 Å². The number of unbranched alkanes of at least 4 members (excludes halogenated alkanes) is 1. The molecule has 0 radical (unpaired) electrons. The van der Waals surface area contributed by atoms with Gasteiger partial charge in [-0.1, -0.05) is 48.7 Å². The molecule has 32 heavy (non-hydrogen) atoms. The van der Waals surface area contributed by atoms with Gasteiger partial charge in [-0.15, -0.1) is 10.2 Å². The van der Waals surface area contributed by atoms with E-state index in [1.165, 1.54) is 11.1 Å². The fourth-order valence-electron chi connectivity index (χ4n) is 3.43. The molecule has 0 saturated carbocycles. The zero-order chi connectivity index (χ0) is 22.9. The van der Waals surface area contributed by atoms with Gasteiger partial charge in [-0.2, -0.15) is 4.80 Å². The minimum atomic E-state index is 0.382. The summed E-state index contributed by atoms with van der Waals surface area (Å²) in [6, 6.07) is 8.38. The second-order valence-corrected chi connectivity index (χ2v) is 8.51. The van der Waals surface area contributed by atoms with Gasteiger partial charge in [-0.25, -0.2) is 4.98 Å². The molecule has 0 aliphatic heterocycles. The van der Waals surface area contributed by atoms with Crippen molar-refractivity contribution in [1.29, 1.82) is 0 Å². The Morgan fingerprint density at radius 3 is 2.78 bits per heavy atom. The summed E-state index contributed by atoms with van der Waals surface area (Å²) in [5.74, 6) is 1.52. The van der Waals surface area contributed by atoms with Gasteiger partial charge in [0.2, 0.25) is 5.28 Å². The molecular weight excluding hydrogens is 424 g/mol. The van der Waals surface area contributed by atoms with E-state index in [4.69, 9.17) is 11.6 Å². The van der Waals surface area contributed by atoms with Crippen LogP contribution in [0.25, 0.3) is 5.70 Å². The van der Waals surface area contributed by atoms with E-state index < -0.39 is 0 Å². The lowest BCUT2D eigenvalue weighted by atomic mass is 10.1. The van der Waals surface area contributed by atoms with Crippen molar-refractivity contribution >= 4 is 23.1 Å². The van der Waals surface area contributed by atoms with Crippen LogP contribution in [0.1, 0.15) is 62.7 Å². The molecule has 0 spiro atoms. The number of nitrogens with one attached hydrogen (secondary N) is 3. The van der Waals surface area contributed by atoms with Gasteiger partial charge in [-0.05, 0) is 56.0 Å². The number of aromatic nitrogens is 6. The van der Waals surface area contributed by atoms with Crippen LogP contribution in [0.5, 0.6) is 0 Å². The van der Waals surface area contributed by atoms with Crippen molar-refractivity contribution in [3.8, 4) is 0 Å². The van der Waals surface area contributed by atoms with Gasteiger partial charge in [0, 0.05) is 19.5 Å². The maximum Gasteiger partial charge on any atom is 0.202 e. The number of rotatable bonds is 12. The fourth-order valence-corrected chi connectivity index (χ4v) is 3.61. The lowest BCUT2D eigenvalue weighted by Crippen LogP contribution is -2.19. The second-order valence-electron chi connectivity index (χ2n) is 8.15. The van der Waals surface area contributed by atoms with Crippen molar-refractivity contribution in [2.24, 2.45) is 0 Å². The molecule has 0 aliphatic rings. The maximum atomic E-state index is 6.15. The highest BCUT2D eigenvalue weighted by atomic mass is 35.5. The summed E-state index contributed by atoms with van der Waals surface area (Å²) in [4.78, 5) is 9.24. The predicted molar refractivity (Wildman–Crippen MR) is 130 cm³/mol. The van der Waals surface area contributed by atoms with Crippen molar-refractivity contribution in [2.45, 2.75) is 59.9 Å². The predicted octanol–water partition coefficient (Wildman–Crippen LogP) is 4.59. The lowest BCUT2D eigenvalue weighted by Gasteiger charge is -2.14. The van der Waals surface area contributed by atoms with Crippen molar-refractivity contribution in [3.63, 3.8) is 0 Å². The molecule has 0 bridgehead atoms. The average molecular weight is 457 g/mol. The summed E-state index contributed by atoms with van der Waals surface area (Å²) in [6.07, 6.45) is 3.75. The van der Waals surface area contributed by atoms with E-state index in [0.29, 0.717) is 18.2 Å². The molecule has 3 aromatic rings. The van der Waals surface area contributed by atoms with Gasteiger partial charge in [0.15, 0.2) is 11.6 Å². The molecule has 2 heterocycles. The smallest absolute Gasteiger partial charge is 0.202 e. The number of imidazole rings is 1. The molecule has 0 saturated heterocycles. The zero-order valence-corrected chi connectivity index (χ0v) is 20.1. The Labute approximate surface area is 194 Å². The Bertz CT molecular complexity index is 1030. The number of allylic oxidation sites excluding steroid dienone is 1. The number of anilines is 1. The number of benzene rings is 1. The lowest BCUT2D eigenvalue weighted by molar-refractivity contribution is 0.495. The summed E-state index contributed by atoms with van der Waals surface area (Å²) >= 11 is 6.15. The van der Waals surface area contributed by atoms with Gasteiger partial charge in [-0.3, -0.25) is 0 Å². The summed E-state index contributed by atoms with van der Waals surface area (Å²) in [6.45, 7) is 10.7. The molecule has 8 nitrogen and oxygen atoms in total. The summed E-state index contributed by atoms with van der Waals surface area (Å²) in [7, 11) is 0. The molecule has 2 aromatic heterocycles. The molecule has 0 unspecified atom stereocenters. The molecule has 3 rings (SSSR count). The van der Waals surface area contributed by atoms with Crippen LogP contribution in [0.15, 0.2) is 29.8 Å². The third kappa shape index (κ3) is 6.82. The Kier molecular flexibility index (Phi) is 8.67. The monoisotopic (exact) mass is 456 g/mol. The van der Waals surface area contributed by atoms with Gasteiger partial charge in [0.1, 0.15) is 5.69 Å². The standard InChI is InChI=1S/C23H33ClN8/c1-5-6-11-26-22-21(27-23(24)28-22)20(16(2)3)25-12-8-13-32-30-19(29-31-32)15-18-10-7-9-17(4)14-18/h7,9-10,14,25-26H,5-6,8,11-13,15H2,1-4H3,(H,27,28). The second kappa shape index (κ2) is 11.7. The fraction of sp³-hybridized carbons (Fsp3) is 0.478. The Hall–Kier alpha value is -2.87. The Balaban J connectivity index is 1.53. The van der Waals surface area contributed by atoms with E-state index in [1.54, 1.807) is 4.80 Å². The molecule has 3 N–H and O–H groups in total. The molecule has 0 amide bonds. The van der Waals surface area contributed by atoms with Crippen LogP contribution in [0.2, 0.25) is 5.28 Å². The molecule has 0 aliphatic carbocycles. The van der Waals surface area contributed by atoms with E-state index in [-0.39, 0.29) is 0 Å². The average Bonchev–Trinajstić information content (AvgIpc) is 3.34. The maximum absolute atomic E-state index is 6.15. The number of tetrazole rings is 1. The van der Waals surface area contributed by atoms with Crippen molar-refractivity contribution in [1.82, 2.24) is 35.5 Å². The van der Waals surface area contributed by atoms with Crippen molar-refractivity contribution < 1.29 is 0 Å². The van der Waals surface area contributed by atoms with Crippen molar-refractivity contribution in [3.05, 3.63) is 57.8 Å². The number of hydrogen-bond acceptors (Lipinski definition) is 6. The SMILES string of the molecule is CCCCNc1nc(Cl)[nH]c1C(NCCCn1nnc(Cc2cccc(C)c2)n1)=C(C)C. The molecule has 0 fully saturated rings. The third-order valence-corrected chi connectivity index (χ3v) is 5.20. The largest absolute Gasteiger partial charge is 0.383 e. The number of H-pyrrole nitrogens is 1. The molecule has 9 heteroatoms. The minimum absolute atomic E-state index is 0.382. The quantitative estimate of drug-likeness (QED) is 0.345. The van der Waals surface area contributed by atoms with E-state index in [1.807, 2.05) is 0 Å². The highest BCUT2D eigenvalue weighted by molar-refractivity contribution is 6.28. The third-order valence-electron chi connectivity index (χ3n) is 5.02. The van der Waals surface area contributed by atoms with Gasteiger partial charge >= 0.3 is 0 Å². The van der Waals surface area contributed by atoms with Crippen LogP contribution in [-0.2, 0) is 13.0 Å². The molecule has 0 atom stereocenters. The number of nitrogens with zero attached hydrogens (tertiary/aromatic N) is 5. The van der Waals surface area contributed by atoms with Gasteiger partial charge in [0.25, 0.3) is 0 Å². The number of hydrogen-bond donors (Lipinski definition) is 3. The van der Waals surface area contributed by atoms with Crippen LogP contribution in [0, 0.1) is 6.92 Å². The number of halogens is 1. The zero-order valence-electron chi connectivity index (χ0n) is 19.4. The highest BCUT2D eigenvalue weighted by Crippen LogP contribution is 2.24. The first-order valence-electron chi connectivity index (χ1n) is 11.2. The highest BCUT2D eigenvalue weighted by Gasteiger charge is 2.14. The Morgan fingerprint density at radius 1 is 1.19 bits per heavy atom. The summed E-state index contributed by atoms with van der Waals surface area (Å²) < 4.78 is 0. The molecule has 172 valence electrons. The van der Waals surface area contributed by atoms with Crippen LogP contribution in [-0.4, -0.2) is 43.3 Å². The first-order chi connectivity index (χ1) is 15.5.